The van der Waals surface area contributed by atoms with Crippen LogP contribution in [-0.4, -0.2) is 27.3 Å². The van der Waals surface area contributed by atoms with Gasteiger partial charge in [-0.3, -0.25) is 4.68 Å². The van der Waals surface area contributed by atoms with Gasteiger partial charge in [0.15, 0.2) is 0 Å². The third-order valence-corrected chi connectivity index (χ3v) is 4.97. The van der Waals surface area contributed by atoms with E-state index in [-0.39, 0.29) is 6.03 Å². The van der Waals surface area contributed by atoms with Gasteiger partial charge in [0.1, 0.15) is 12.4 Å². The van der Waals surface area contributed by atoms with Crippen LogP contribution >= 0.6 is 11.3 Å². The molecule has 6 nitrogen and oxygen atoms in total. The lowest BCUT2D eigenvalue weighted by molar-refractivity contribution is 0.212. The van der Waals surface area contributed by atoms with Crippen LogP contribution in [0.2, 0.25) is 0 Å². The lowest BCUT2D eigenvalue weighted by Gasteiger charge is -2.20. The second-order valence-electron chi connectivity index (χ2n) is 6.04. The van der Waals surface area contributed by atoms with Crippen molar-refractivity contribution in [3.8, 4) is 5.75 Å². The topological polar surface area (TPSA) is 59.4 Å². The number of rotatable bonds is 8. The summed E-state index contributed by atoms with van der Waals surface area (Å²) in [6.07, 6.45) is 3.77. The molecule has 0 spiro atoms. The van der Waals surface area contributed by atoms with E-state index in [0.29, 0.717) is 19.7 Å². The van der Waals surface area contributed by atoms with Crippen molar-refractivity contribution in [1.29, 1.82) is 0 Å². The summed E-state index contributed by atoms with van der Waals surface area (Å²) >= 11 is 1.67. The molecule has 3 rings (SSSR count). The number of amides is 2. The molecule has 142 valence electrons. The van der Waals surface area contributed by atoms with E-state index in [1.165, 1.54) is 4.88 Å². The first kappa shape index (κ1) is 19.0. The average molecular weight is 385 g/mol. The van der Waals surface area contributed by atoms with Gasteiger partial charge in [-0.2, -0.15) is 5.10 Å². The third-order valence-electron chi connectivity index (χ3n) is 4.12. The zero-order chi connectivity index (χ0) is 19.1. The van der Waals surface area contributed by atoms with Crippen molar-refractivity contribution in [1.82, 2.24) is 14.7 Å². The minimum Gasteiger partial charge on any atom is -0.488 e. The molecule has 0 aliphatic rings. The van der Waals surface area contributed by atoms with E-state index in [0.717, 1.165) is 23.5 Å². The highest BCUT2D eigenvalue weighted by Crippen LogP contribution is 2.19. The summed E-state index contributed by atoms with van der Waals surface area (Å²) in [5.41, 5.74) is 1.76. The van der Waals surface area contributed by atoms with Crippen molar-refractivity contribution < 1.29 is 9.53 Å². The summed E-state index contributed by atoms with van der Waals surface area (Å²) in [7, 11) is 0. The van der Waals surface area contributed by atoms with E-state index in [2.05, 4.69) is 10.4 Å². The molecule has 1 aromatic carbocycles. The highest BCUT2D eigenvalue weighted by molar-refractivity contribution is 7.09. The van der Waals surface area contributed by atoms with Crippen LogP contribution in [0.15, 0.2) is 54.2 Å². The summed E-state index contributed by atoms with van der Waals surface area (Å²) < 4.78 is 7.61. The Morgan fingerprint density at radius 2 is 2.07 bits per heavy atom. The predicted octanol–water partition coefficient (Wildman–Crippen LogP) is 4.60. The van der Waals surface area contributed by atoms with E-state index in [1.807, 2.05) is 66.5 Å². The Labute approximate surface area is 163 Å². The molecule has 0 aliphatic heterocycles. The smallest absolute Gasteiger partial charge is 0.322 e. The van der Waals surface area contributed by atoms with Crippen molar-refractivity contribution >= 4 is 23.1 Å². The van der Waals surface area contributed by atoms with E-state index >= 15 is 0 Å². The molecule has 0 bridgehead atoms. The molecule has 1 N–H and O–H groups in total. The fourth-order valence-corrected chi connectivity index (χ4v) is 3.21. The molecule has 0 radical (unpaired) electrons. The van der Waals surface area contributed by atoms with Gasteiger partial charge < -0.3 is 15.0 Å². The number of thiophene rings is 1. The Balaban J connectivity index is 1.53. The monoisotopic (exact) mass is 384 g/mol. The summed E-state index contributed by atoms with van der Waals surface area (Å²) in [6, 6.07) is 11.4. The molecule has 27 heavy (non-hydrogen) atoms. The molecular weight excluding hydrogens is 360 g/mol. The summed E-state index contributed by atoms with van der Waals surface area (Å²) in [4.78, 5) is 15.5. The maximum Gasteiger partial charge on any atom is 0.322 e. The van der Waals surface area contributed by atoms with Gasteiger partial charge in [-0.25, -0.2) is 4.79 Å². The Morgan fingerprint density at radius 1 is 1.26 bits per heavy atom. The van der Waals surface area contributed by atoms with Crippen LogP contribution in [0.1, 0.15) is 24.3 Å². The van der Waals surface area contributed by atoms with E-state index < -0.39 is 0 Å². The molecule has 0 atom stereocenters. The molecule has 7 heteroatoms. The third kappa shape index (κ3) is 5.34. The second-order valence-corrected chi connectivity index (χ2v) is 7.07. The fraction of sp³-hybridized carbons (Fsp3) is 0.300. The van der Waals surface area contributed by atoms with Gasteiger partial charge >= 0.3 is 6.03 Å². The summed E-state index contributed by atoms with van der Waals surface area (Å²) in [5.74, 6) is 0.778. The van der Waals surface area contributed by atoms with Crippen LogP contribution in [0, 0.1) is 0 Å². The second kappa shape index (κ2) is 9.23. The molecule has 3 aromatic rings. The van der Waals surface area contributed by atoms with Gasteiger partial charge in [0.05, 0.1) is 12.7 Å². The molecule has 2 heterocycles. The van der Waals surface area contributed by atoms with Crippen LogP contribution < -0.4 is 10.1 Å². The van der Waals surface area contributed by atoms with Crippen molar-refractivity contribution in [2.45, 2.75) is 33.5 Å². The number of nitrogens with zero attached hydrogens (tertiary/aromatic N) is 3. The number of aryl methyl sites for hydroxylation is 1. The molecular formula is C20H24N4O2S. The standard InChI is InChI=1S/C20H24N4O2S/c1-3-23(13-16-12-21-24(4-2)14-16)20(25)22-17-7-9-18(10-8-17)26-15-19-6-5-11-27-19/h5-12,14H,3-4,13,15H2,1-2H3,(H,22,25). The van der Waals surface area contributed by atoms with Gasteiger partial charge in [0, 0.05) is 35.4 Å². The largest absolute Gasteiger partial charge is 0.488 e. The van der Waals surface area contributed by atoms with E-state index in [1.54, 1.807) is 22.4 Å². The van der Waals surface area contributed by atoms with Gasteiger partial charge in [-0.15, -0.1) is 11.3 Å². The number of hydrogen-bond acceptors (Lipinski definition) is 4. The number of ether oxygens (including phenoxy) is 1. The Bertz CT molecular complexity index is 843. The highest BCUT2D eigenvalue weighted by Gasteiger charge is 2.13. The molecule has 0 fully saturated rings. The highest BCUT2D eigenvalue weighted by atomic mass is 32.1. The molecule has 0 aliphatic carbocycles. The first-order valence-corrected chi connectivity index (χ1v) is 9.88. The molecule has 0 saturated carbocycles. The van der Waals surface area contributed by atoms with Crippen molar-refractivity contribution in [3.63, 3.8) is 0 Å². The number of anilines is 1. The van der Waals surface area contributed by atoms with Gasteiger partial charge in [-0.05, 0) is 49.6 Å². The first-order chi connectivity index (χ1) is 13.2. The number of aromatic nitrogens is 2. The average Bonchev–Trinajstić information content (AvgIpc) is 3.37. The predicted molar refractivity (Wildman–Crippen MR) is 108 cm³/mol. The fourth-order valence-electron chi connectivity index (χ4n) is 2.59. The summed E-state index contributed by atoms with van der Waals surface area (Å²) in [5, 5.41) is 9.22. The van der Waals surface area contributed by atoms with Crippen LogP contribution in [-0.2, 0) is 19.7 Å². The summed E-state index contributed by atoms with van der Waals surface area (Å²) in [6.45, 7) is 6.52. The van der Waals surface area contributed by atoms with Crippen LogP contribution in [0.4, 0.5) is 10.5 Å². The number of hydrogen-bond donors (Lipinski definition) is 1. The SMILES string of the molecule is CCN(Cc1cnn(CC)c1)C(=O)Nc1ccc(OCc2cccs2)cc1. The van der Waals surface area contributed by atoms with E-state index in [9.17, 15) is 4.79 Å². The number of carbonyl (C=O) groups excluding carboxylic acids is 1. The molecule has 0 unspecified atom stereocenters. The Kier molecular flexibility index (Phi) is 6.49. The Hall–Kier alpha value is -2.80. The number of carbonyl (C=O) groups is 1. The molecule has 2 aromatic heterocycles. The lowest BCUT2D eigenvalue weighted by atomic mass is 10.3. The minimum absolute atomic E-state index is 0.131. The quantitative estimate of drug-likeness (QED) is 0.617. The number of benzene rings is 1. The van der Waals surface area contributed by atoms with Crippen LogP contribution in [0.3, 0.4) is 0 Å². The Morgan fingerprint density at radius 3 is 2.70 bits per heavy atom. The molecule has 0 saturated heterocycles. The van der Waals surface area contributed by atoms with Crippen molar-refractivity contribution in [2.24, 2.45) is 0 Å². The zero-order valence-electron chi connectivity index (χ0n) is 15.6. The molecule has 2 amide bonds. The van der Waals surface area contributed by atoms with Crippen LogP contribution in [0.25, 0.3) is 0 Å². The van der Waals surface area contributed by atoms with Crippen molar-refractivity contribution in [3.05, 3.63) is 64.6 Å². The lowest BCUT2D eigenvalue weighted by Crippen LogP contribution is -2.34. The van der Waals surface area contributed by atoms with Crippen LogP contribution in [0.5, 0.6) is 5.75 Å². The number of nitrogens with one attached hydrogen (secondary N) is 1. The maximum atomic E-state index is 12.5. The minimum atomic E-state index is -0.131. The maximum absolute atomic E-state index is 12.5. The zero-order valence-corrected chi connectivity index (χ0v) is 16.4. The normalized spacial score (nSPS) is 10.6. The van der Waals surface area contributed by atoms with Gasteiger partial charge in [-0.1, -0.05) is 6.07 Å². The van der Waals surface area contributed by atoms with Gasteiger partial charge in [0.25, 0.3) is 0 Å². The van der Waals surface area contributed by atoms with Gasteiger partial charge in [0.2, 0.25) is 0 Å². The van der Waals surface area contributed by atoms with E-state index in [4.69, 9.17) is 4.74 Å². The number of urea groups is 1. The van der Waals surface area contributed by atoms with Crippen molar-refractivity contribution in [2.75, 3.05) is 11.9 Å². The first-order valence-electron chi connectivity index (χ1n) is 9.00.